The van der Waals surface area contributed by atoms with E-state index < -0.39 is 6.10 Å². The molecular formula is C60H106O6. The summed E-state index contributed by atoms with van der Waals surface area (Å²) >= 11 is 0. The largest absolute Gasteiger partial charge is 0.462 e. The minimum Gasteiger partial charge on any atom is -0.462 e. The number of carbonyl (C=O) groups is 3. The van der Waals surface area contributed by atoms with Gasteiger partial charge in [0.25, 0.3) is 0 Å². The quantitative estimate of drug-likeness (QED) is 0.0199. The molecule has 0 heterocycles. The lowest BCUT2D eigenvalue weighted by molar-refractivity contribution is -0.167. The van der Waals surface area contributed by atoms with Gasteiger partial charge in [-0.25, -0.2) is 0 Å². The first-order chi connectivity index (χ1) is 32.5. The molecule has 0 amide bonds. The van der Waals surface area contributed by atoms with Gasteiger partial charge in [-0.05, 0) is 96.3 Å². The van der Waals surface area contributed by atoms with Gasteiger partial charge in [0.15, 0.2) is 6.10 Å². The molecule has 0 aliphatic rings. The van der Waals surface area contributed by atoms with Crippen molar-refractivity contribution in [1.82, 2.24) is 0 Å². The highest BCUT2D eigenvalue weighted by atomic mass is 16.6. The Hall–Kier alpha value is -2.89. The number of hydrogen-bond acceptors (Lipinski definition) is 6. The van der Waals surface area contributed by atoms with Crippen LogP contribution in [0.2, 0.25) is 0 Å². The monoisotopic (exact) mass is 923 g/mol. The summed E-state index contributed by atoms with van der Waals surface area (Å²) in [5.74, 6) is -0.929. The fourth-order valence-electron chi connectivity index (χ4n) is 7.95. The number of allylic oxidation sites excluding steroid dienone is 10. The Balaban J connectivity index is 4.41. The van der Waals surface area contributed by atoms with Crippen molar-refractivity contribution in [3.8, 4) is 0 Å². The number of hydrogen-bond donors (Lipinski definition) is 0. The van der Waals surface area contributed by atoms with Gasteiger partial charge >= 0.3 is 17.9 Å². The predicted octanol–water partition coefficient (Wildman–Crippen LogP) is 18.8. The van der Waals surface area contributed by atoms with Crippen molar-refractivity contribution < 1.29 is 28.6 Å². The molecule has 0 saturated heterocycles. The first kappa shape index (κ1) is 63.1. The topological polar surface area (TPSA) is 78.9 Å². The molecule has 0 aliphatic carbocycles. The summed E-state index contributed by atoms with van der Waals surface area (Å²) in [5, 5.41) is 0. The Morgan fingerprint density at radius 3 is 0.894 bits per heavy atom. The molecule has 0 N–H and O–H groups in total. The van der Waals surface area contributed by atoms with Crippen LogP contribution in [-0.2, 0) is 28.6 Å². The van der Waals surface area contributed by atoms with Crippen LogP contribution in [-0.4, -0.2) is 37.2 Å². The summed E-state index contributed by atoms with van der Waals surface area (Å²) in [4.78, 5) is 38.1. The van der Waals surface area contributed by atoms with Crippen LogP contribution in [0.1, 0.15) is 284 Å². The van der Waals surface area contributed by atoms with Crippen LogP contribution >= 0.6 is 0 Å². The lowest BCUT2D eigenvalue weighted by Crippen LogP contribution is -2.30. The highest BCUT2D eigenvalue weighted by molar-refractivity contribution is 5.71. The van der Waals surface area contributed by atoms with E-state index in [-0.39, 0.29) is 31.1 Å². The molecule has 382 valence electrons. The van der Waals surface area contributed by atoms with Gasteiger partial charge in [0.1, 0.15) is 13.2 Å². The van der Waals surface area contributed by atoms with Gasteiger partial charge in [-0.1, -0.05) is 229 Å². The fraction of sp³-hybridized carbons (Fsp3) is 0.783. The van der Waals surface area contributed by atoms with E-state index in [0.717, 1.165) is 83.5 Å². The Labute approximate surface area is 409 Å². The van der Waals surface area contributed by atoms with E-state index in [4.69, 9.17) is 14.2 Å². The molecule has 0 aromatic heterocycles. The van der Waals surface area contributed by atoms with Crippen molar-refractivity contribution in [2.75, 3.05) is 13.2 Å². The Morgan fingerprint density at radius 2 is 0.545 bits per heavy atom. The summed E-state index contributed by atoms with van der Waals surface area (Å²) in [7, 11) is 0. The molecule has 0 aromatic carbocycles. The maximum atomic E-state index is 12.8. The minimum atomic E-state index is -0.795. The molecule has 66 heavy (non-hydrogen) atoms. The molecule has 1 unspecified atom stereocenters. The summed E-state index contributed by atoms with van der Waals surface area (Å²) in [6.45, 7) is 6.58. The molecule has 1 atom stereocenters. The third-order valence-electron chi connectivity index (χ3n) is 12.3. The van der Waals surface area contributed by atoms with E-state index in [1.165, 1.54) is 161 Å². The molecule has 0 aromatic rings. The van der Waals surface area contributed by atoms with E-state index in [0.29, 0.717) is 19.3 Å². The third-order valence-corrected chi connectivity index (χ3v) is 12.3. The maximum absolute atomic E-state index is 12.8. The lowest BCUT2D eigenvalue weighted by Gasteiger charge is -2.18. The van der Waals surface area contributed by atoms with Gasteiger partial charge in [-0.15, -0.1) is 0 Å². The van der Waals surface area contributed by atoms with Gasteiger partial charge in [0.2, 0.25) is 0 Å². The smallest absolute Gasteiger partial charge is 0.306 e. The SMILES string of the molecule is CCCCC/C=C\C=C/CCCCCCCCCCCCC(=O)OCC(COC(=O)CCCCC/C=C\CCCCCCCC)OC(=O)CCCCC/C=C\C=C/CCCCCCCCC. The van der Waals surface area contributed by atoms with Crippen LogP contribution < -0.4 is 0 Å². The van der Waals surface area contributed by atoms with Gasteiger partial charge in [-0.3, -0.25) is 14.4 Å². The van der Waals surface area contributed by atoms with Crippen molar-refractivity contribution >= 4 is 17.9 Å². The zero-order valence-corrected chi connectivity index (χ0v) is 43.7. The van der Waals surface area contributed by atoms with Gasteiger partial charge in [-0.2, -0.15) is 0 Å². The zero-order chi connectivity index (χ0) is 47.9. The number of rotatable bonds is 51. The minimum absolute atomic E-state index is 0.0906. The van der Waals surface area contributed by atoms with Crippen LogP contribution in [0.15, 0.2) is 60.8 Å². The zero-order valence-electron chi connectivity index (χ0n) is 43.7. The maximum Gasteiger partial charge on any atom is 0.306 e. The second kappa shape index (κ2) is 54.7. The normalized spacial score (nSPS) is 12.5. The first-order valence-corrected chi connectivity index (χ1v) is 28.3. The highest BCUT2D eigenvalue weighted by Gasteiger charge is 2.19. The average Bonchev–Trinajstić information content (AvgIpc) is 3.31. The van der Waals surface area contributed by atoms with Gasteiger partial charge in [0.05, 0.1) is 0 Å². The molecule has 0 aliphatic heterocycles. The molecule has 0 radical (unpaired) electrons. The number of carbonyl (C=O) groups excluding carboxylic acids is 3. The number of unbranched alkanes of at least 4 members (excludes halogenated alkanes) is 32. The van der Waals surface area contributed by atoms with Crippen molar-refractivity contribution in [3.63, 3.8) is 0 Å². The molecule has 0 rings (SSSR count). The highest BCUT2D eigenvalue weighted by Crippen LogP contribution is 2.15. The Kier molecular flexibility index (Phi) is 52.3. The predicted molar refractivity (Wildman–Crippen MR) is 284 cm³/mol. The van der Waals surface area contributed by atoms with Crippen molar-refractivity contribution in [1.29, 1.82) is 0 Å². The van der Waals surface area contributed by atoms with Crippen LogP contribution in [0.4, 0.5) is 0 Å². The Bertz CT molecular complexity index is 1200. The van der Waals surface area contributed by atoms with Crippen molar-refractivity contribution in [2.24, 2.45) is 0 Å². The van der Waals surface area contributed by atoms with E-state index in [2.05, 4.69) is 81.5 Å². The lowest BCUT2D eigenvalue weighted by atomic mass is 10.1. The molecule has 6 nitrogen and oxygen atoms in total. The summed E-state index contributed by atoms with van der Waals surface area (Å²) in [6, 6.07) is 0. The summed E-state index contributed by atoms with van der Waals surface area (Å²) in [6.07, 6.45) is 67.8. The van der Waals surface area contributed by atoms with E-state index >= 15 is 0 Å². The standard InChI is InChI=1S/C60H106O6/c1-4-7-10-13-16-19-22-25-27-29-30-31-33-35-38-41-44-47-50-53-59(62)65-56-57(55-64-58(61)52-49-46-43-40-37-34-24-21-18-15-12-9-6-3)66-60(63)54-51-48-45-42-39-36-32-28-26-23-20-17-14-11-8-5-2/h16,19,22,25,28,32,34,36-37,39,57H,4-15,17-18,20-21,23-24,26-27,29-31,33,35,38,40-56H2,1-3H3/b19-16-,25-22-,32-28-,37-34-,39-36-. The fourth-order valence-corrected chi connectivity index (χ4v) is 7.95. The molecule has 6 heteroatoms. The third kappa shape index (κ3) is 52.1. The number of ether oxygens (including phenoxy) is 3. The van der Waals surface area contributed by atoms with Gasteiger partial charge in [0, 0.05) is 19.3 Å². The molecular weight excluding hydrogens is 817 g/mol. The van der Waals surface area contributed by atoms with E-state index in [1.54, 1.807) is 0 Å². The summed E-state index contributed by atoms with van der Waals surface area (Å²) < 4.78 is 16.8. The Morgan fingerprint density at radius 1 is 0.303 bits per heavy atom. The average molecular weight is 924 g/mol. The van der Waals surface area contributed by atoms with E-state index in [1.807, 2.05) is 0 Å². The van der Waals surface area contributed by atoms with Crippen molar-refractivity contribution in [3.05, 3.63) is 60.8 Å². The van der Waals surface area contributed by atoms with Gasteiger partial charge < -0.3 is 14.2 Å². The molecule has 0 saturated carbocycles. The van der Waals surface area contributed by atoms with Crippen molar-refractivity contribution in [2.45, 2.75) is 290 Å². The summed E-state index contributed by atoms with van der Waals surface area (Å²) in [5.41, 5.74) is 0. The van der Waals surface area contributed by atoms with Crippen LogP contribution in [0.5, 0.6) is 0 Å². The second-order valence-electron chi connectivity index (χ2n) is 18.9. The number of esters is 3. The van der Waals surface area contributed by atoms with E-state index in [9.17, 15) is 14.4 Å². The van der Waals surface area contributed by atoms with Crippen LogP contribution in [0.3, 0.4) is 0 Å². The first-order valence-electron chi connectivity index (χ1n) is 28.3. The molecule has 0 fully saturated rings. The van der Waals surface area contributed by atoms with Crippen LogP contribution in [0, 0.1) is 0 Å². The second-order valence-corrected chi connectivity index (χ2v) is 18.9. The molecule has 0 bridgehead atoms. The van der Waals surface area contributed by atoms with Crippen LogP contribution in [0.25, 0.3) is 0 Å². The molecule has 0 spiro atoms.